The monoisotopic (exact) mass is 303 g/mol. The molecule has 1 aromatic carbocycles. The molecule has 0 aromatic heterocycles. The zero-order valence-electron chi connectivity index (χ0n) is 13.7. The van der Waals surface area contributed by atoms with Crippen molar-refractivity contribution in [1.29, 1.82) is 0 Å². The Morgan fingerprint density at radius 2 is 1.59 bits per heavy atom. The van der Waals surface area contributed by atoms with Crippen LogP contribution in [-0.4, -0.2) is 32.4 Å². The summed E-state index contributed by atoms with van der Waals surface area (Å²) in [6, 6.07) is 0. The molecule has 0 aliphatic carbocycles. The lowest BCUT2D eigenvalue weighted by Crippen LogP contribution is -2.27. The van der Waals surface area contributed by atoms with Gasteiger partial charge < -0.3 is 19.5 Å². The third kappa shape index (κ3) is 2.08. The molecule has 0 bridgehead atoms. The van der Waals surface area contributed by atoms with E-state index in [0.717, 1.165) is 43.2 Å². The van der Waals surface area contributed by atoms with Crippen molar-refractivity contribution in [3.05, 3.63) is 16.7 Å². The van der Waals surface area contributed by atoms with Crippen LogP contribution >= 0.6 is 0 Å². The lowest BCUT2D eigenvalue weighted by molar-refractivity contribution is 0.242. The third-order valence-corrected chi connectivity index (χ3v) is 5.17. The summed E-state index contributed by atoms with van der Waals surface area (Å²) in [5, 5.41) is 3.46. The molecule has 1 saturated heterocycles. The molecule has 3 heterocycles. The van der Waals surface area contributed by atoms with Crippen LogP contribution in [0.1, 0.15) is 49.3 Å². The van der Waals surface area contributed by atoms with Gasteiger partial charge in [-0.05, 0) is 45.7 Å². The number of piperidine rings is 1. The standard InChI is InChI=1S/C18H25NO3/c1-10-8-13-15(12-4-6-19-7-5-12)16-14(9-11(2)21-16)17(20-3)18(13)22-10/h10-12,19H,4-9H2,1-3H3. The van der Waals surface area contributed by atoms with Gasteiger partial charge in [0.15, 0.2) is 11.5 Å². The van der Waals surface area contributed by atoms with Gasteiger partial charge in [0.05, 0.1) is 7.11 Å². The SMILES string of the molecule is COc1c2c(c(C3CCNCC3)c3c1OC(C)C3)OC(C)C2. The van der Waals surface area contributed by atoms with Gasteiger partial charge in [0.1, 0.15) is 18.0 Å². The summed E-state index contributed by atoms with van der Waals surface area (Å²) in [5.41, 5.74) is 3.97. The number of rotatable bonds is 2. The van der Waals surface area contributed by atoms with Gasteiger partial charge in [0, 0.05) is 29.5 Å². The van der Waals surface area contributed by atoms with E-state index in [4.69, 9.17) is 14.2 Å². The molecule has 4 rings (SSSR count). The molecule has 4 heteroatoms. The molecule has 0 saturated carbocycles. The molecule has 4 nitrogen and oxygen atoms in total. The second-order valence-corrected chi connectivity index (χ2v) is 6.85. The van der Waals surface area contributed by atoms with Crippen molar-refractivity contribution in [3.63, 3.8) is 0 Å². The molecule has 1 fully saturated rings. The fourth-order valence-corrected chi connectivity index (χ4v) is 4.27. The summed E-state index contributed by atoms with van der Waals surface area (Å²) in [6.45, 7) is 6.46. The second kappa shape index (κ2) is 5.34. The highest BCUT2D eigenvalue weighted by molar-refractivity contribution is 5.67. The van der Waals surface area contributed by atoms with Gasteiger partial charge in [-0.15, -0.1) is 0 Å². The minimum atomic E-state index is 0.226. The summed E-state index contributed by atoms with van der Waals surface area (Å²) >= 11 is 0. The van der Waals surface area contributed by atoms with Crippen LogP contribution in [0.2, 0.25) is 0 Å². The van der Waals surface area contributed by atoms with Crippen molar-refractivity contribution in [2.75, 3.05) is 20.2 Å². The van der Waals surface area contributed by atoms with E-state index in [-0.39, 0.29) is 12.2 Å². The maximum absolute atomic E-state index is 6.24. The Balaban J connectivity index is 1.90. The molecule has 22 heavy (non-hydrogen) atoms. The largest absolute Gasteiger partial charge is 0.492 e. The van der Waals surface area contributed by atoms with E-state index in [2.05, 4.69) is 19.2 Å². The van der Waals surface area contributed by atoms with Gasteiger partial charge in [-0.3, -0.25) is 0 Å². The summed E-state index contributed by atoms with van der Waals surface area (Å²) in [7, 11) is 1.75. The van der Waals surface area contributed by atoms with Crippen molar-refractivity contribution >= 4 is 0 Å². The number of benzene rings is 1. The van der Waals surface area contributed by atoms with Crippen LogP contribution in [0.5, 0.6) is 17.2 Å². The molecule has 0 spiro atoms. The molecule has 2 atom stereocenters. The zero-order chi connectivity index (χ0) is 15.3. The van der Waals surface area contributed by atoms with Crippen molar-refractivity contribution in [1.82, 2.24) is 5.32 Å². The Labute approximate surface area is 132 Å². The van der Waals surface area contributed by atoms with E-state index in [1.54, 1.807) is 7.11 Å². The lowest BCUT2D eigenvalue weighted by Gasteiger charge is -2.27. The van der Waals surface area contributed by atoms with Crippen LogP contribution in [0, 0.1) is 0 Å². The smallest absolute Gasteiger partial charge is 0.168 e. The first-order valence-electron chi connectivity index (χ1n) is 8.48. The summed E-state index contributed by atoms with van der Waals surface area (Å²) in [6.07, 6.45) is 4.69. The van der Waals surface area contributed by atoms with Crippen molar-refractivity contribution in [2.45, 2.75) is 57.7 Å². The Hall–Kier alpha value is -1.42. The second-order valence-electron chi connectivity index (χ2n) is 6.85. The molecular weight excluding hydrogens is 278 g/mol. The van der Waals surface area contributed by atoms with Gasteiger partial charge in [-0.25, -0.2) is 0 Å². The molecule has 3 aliphatic heterocycles. The molecular formula is C18H25NO3. The first kappa shape index (κ1) is 14.2. The van der Waals surface area contributed by atoms with E-state index in [9.17, 15) is 0 Å². The lowest BCUT2D eigenvalue weighted by atomic mass is 9.83. The highest BCUT2D eigenvalue weighted by atomic mass is 16.5. The van der Waals surface area contributed by atoms with Gasteiger partial charge >= 0.3 is 0 Å². The molecule has 120 valence electrons. The maximum Gasteiger partial charge on any atom is 0.168 e. The number of nitrogens with one attached hydrogen (secondary N) is 1. The van der Waals surface area contributed by atoms with E-state index in [1.807, 2.05) is 0 Å². The topological polar surface area (TPSA) is 39.7 Å². The molecule has 0 amide bonds. The van der Waals surface area contributed by atoms with E-state index >= 15 is 0 Å². The molecule has 3 aliphatic rings. The molecule has 1 N–H and O–H groups in total. The summed E-state index contributed by atoms with van der Waals surface area (Å²) < 4.78 is 18.1. The molecule has 0 radical (unpaired) electrons. The highest BCUT2D eigenvalue weighted by Gasteiger charge is 2.38. The maximum atomic E-state index is 6.24. The van der Waals surface area contributed by atoms with E-state index in [1.165, 1.54) is 29.5 Å². The van der Waals surface area contributed by atoms with Crippen LogP contribution in [0.3, 0.4) is 0 Å². The Morgan fingerprint density at radius 3 is 2.27 bits per heavy atom. The van der Waals surface area contributed by atoms with Crippen molar-refractivity contribution in [2.24, 2.45) is 0 Å². The van der Waals surface area contributed by atoms with Gasteiger partial charge in [0.2, 0.25) is 0 Å². The number of methoxy groups -OCH3 is 1. The Kier molecular flexibility index (Phi) is 3.44. The van der Waals surface area contributed by atoms with Gasteiger partial charge in [-0.2, -0.15) is 0 Å². The van der Waals surface area contributed by atoms with Crippen LogP contribution in [0.25, 0.3) is 0 Å². The molecule has 1 aromatic rings. The normalized spacial score (nSPS) is 27.0. The first-order valence-corrected chi connectivity index (χ1v) is 8.48. The third-order valence-electron chi connectivity index (χ3n) is 5.17. The minimum Gasteiger partial charge on any atom is -0.492 e. The quantitative estimate of drug-likeness (QED) is 0.912. The fourth-order valence-electron chi connectivity index (χ4n) is 4.27. The van der Waals surface area contributed by atoms with Crippen LogP contribution in [0.4, 0.5) is 0 Å². The Morgan fingerprint density at radius 1 is 0.955 bits per heavy atom. The van der Waals surface area contributed by atoms with Crippen molar-refractivity contribution in [3.8, 4) is 17.2 Å². The van der Waals surface area contributed by atoms with E-state index < -0.39 is 0 Å². The number of hydrogen-bond acceptors (Lipinski definition) is 4. The van der Waals surface area contributed by atoms with Crippen LogP contribution in [-0.2, 0) is 12.8 Å². The summed E-state index contributed by atoms with van der Waals surface area (Å²) in [5.74, 6) is 3.58. The average Bonchev–Trinajstić information content (AvgIpc) is 3.07. The predicted octanol–water partition coefficient (Wildman–Crippen LogP) is 2.81. The fraction of sp³-hybridized carbons (Fsp3) is 0.667. The Bertz CT molecular complexity index is 553. The molecule has 2 unspecified atom stereocenters. The first-order chi connectivity index (χ1) is 10.7. The van der Waals surface area contributed by atoms with Gasteiger partial charge in [0.25, 0.3) is 0 Å². The number of fused-ring (bicyclic) bond motifs is 2. The zero-order valence-corrected chi connectivity index (χ0v) is 13.7. The number of hydrogen-bond donors (Lipinski definition) is 1. The van der Waals surface area contributed by atoms with Gasteiger partial charge in [-0.1, -0.05) is 0 Å². The number of ether oxygens (including phenoxy) is 3. The van der Waals surface area contributed by atoms with Crippen LogP contribution in [0.15, 0.2) is 0 Å². The van der Waals surface area contributed by atoms with Crippen LogP contribution < -0.4 is 19.5 Å². The highest BCUT2D eigenvalue weighted by Crippen LogP contribution is 2.54. The van der Waals surface area contributed by atoms with Crippen molar-refractivity contribution < 1.29 is 14.2 Å². The van der Waals surface area contributed by atoms with E-state index in [0.29, 0.717) is 5.92 Å². The average molecular weight is 303 g/mol. The summed E-state index contributed by atoms with van der Waals surface area (Å²) in [4.78, 5) is 0. The predicted molar refractivity (Wildman–Crippen MR) is 85.4 cm³/mol. The minimum absolute atomic E-state index is 0.226.